The smallest absolute Gasteiger partial charge is 0.338 e. The molecule has 0 spiro atoms. The van der Waals surface area contributed by atoms with Gasteiger partial charge in [-0.05, 0) is 49.4 Å². The first-order valence-electron chi connectivity index (χ1n) is 7.56. The Bertz CT molecular complexity index is 863. The summed E-state index contributed by atoms with van der Waals surface area (Å²) >= 11 is 3.29. The predicted molar refractivity (Wildman–Crippen MR) is 101 cm³/mol. The second-order valence-electron chi connectivity index (χ2n) is 5.05. The van der Waals surface area contributed by atoms with E-state index in [1.165, 1.54) is 28.6 Å². The van der Waals surface area contributed by atoms with Crippen molar-refractivity contribution in [2.75, 3.05) is 17.5 Å². The summed E-state index contributed by atoms with van der Waals surface area (Å²) in [4.78, 5) is 12.1. The van der Waals surface area contributed by atoms with Crippen LogP contribution in [0.5, 0.6) is 0 Å². The van der Waals surface area contributed by atoms with Crippen LogP contribution in [-0.4, -0.2) is 27.5 Å². The molecule has 0 heterocycles. The fraction of sp³-hybridized carbons (Fsp3) is 0.167. The molecule has 0 aliphatic carbocycles. The molecule has 0 aliphatic heterocycles. The van der Waals surface area contributed by atoms with Crippen molar-refractivity contribution in [3.05, 3.63) is 71.2 Å². The van der Waals surface area contributed by atoms with Gasteiger partial charge in [-0.15, -0.1) is 6.58 Å². The Kier molecular flexibility index (Phi) is 6.39. The highest BCUT2D eigenvalue weighted by Gasteiger charge is 2.24. The highest BCUT2D eigenvalue weighted by molar-refractivity contribution is 9.10. The van der Waals surface area contributed by atoms with Gasteiger partial charge in [-0.1, -0.05) is 28.1 Å². The molecule has 2 aromatic rings. The van der Waals surface area contributed by atoms with Gasteiger partial charge in [-0.3, -0.25) is 4.31 Å². The molecule has 25 heavy (non-hydrogen) atoms. The maximum absolute atomic E-state index is 13.0. The van der Waals surface area contributed by atoms with Crippen molar-refractivity contribution in [2.24, 2.45) is 0 Å². The zero-order chi connectivity index (χ0) is 18.4. The van der Waals surface area contributed by atoms with Crippen molar-refractivity contribution in [3.63, 3.8) is 0 Å². The topological polar surface area (TPSA) is 63.7 Å². The quantitative estimate of drug-likeness (QED) is 0.498. The van der Waals surface area contributed by atoms with Gasteiger partial charge in [0.25, 0.3) is 10.0 Å². The average Bonchev–Trinajstić information content (AvgIpc) is 2.60. The van der Waals surface area contributed by atoms with Gasteiger partial charge >= 0.3 is 5.97 Å². The van der Waals surface area contributed by atoms with Gasteiger partial charge in [0.15, 0.2) is 0 Å². The van der Waals surface area contributed by atoms with E-state index in [1.807, 2.05) is 0 Å². The molecule has 0 unspecified atom stereocenters. The molecule has 0 radical (unpaired) electrons. The fourth-order valence-electron chi connectivity index (χ4n) is 2.20. The van der Waals surface area contributed by atoms with Gasteiger partial charge in [0.2, 0.25) is 0 Å². The largest absolute Gasteiger partial charge is 0.462 e. The number of halogens is 1. The Hall–Kier alpha value is -2.12. The van der Waals surface area contributed by atoms with Crippen LogP contribution < -0.4 is 4.31 Å². The molecular formula is C18H18BrNO4S. The predicted octanol–water partition coefficient (Wildman–Crippen LogP) is 4.01. The summed E-state index contributed by atoms with van der Waals surface area (Å²) in [6, 6.07) is 12.7. The van der Waals surface area contributed by atoms with Crippen LogP contribution >= 0.6 is 15.9 Å². The monoisotopic (exact) mass is 423 g/mol. The minimum Gasteiger partial charge on any atom is -0.462 e. The highest BCUT2D eigenvalue weighted by Crippen LogP contribution is 2.25. The number of ether oxygens (including phenoxy) is 1. The molecular weight excluding hydrogens is 406 g/mol. The van der Waals surface area contributed by atoms with Crippen molar-refractivity contribution in [2.45, 2.75) is 11.8 Å². The highest BCUT2D eigenvalue weighted by atomic mass is 79.9. The van der Waals surface area contributed by atoms with Gasteiger partial charge in [0.05, 0.1) is 29.3 Å². The molecule has 132 valence electrons. The number of benzene rings is 2. The van der Waals surface area contributed by atoms with E-state index in [1.54, 1.807) is 37.3 Å². The molecule has 2 aromatic carbocycles. The minimum absolute atomic E-state index is 0.0741. The lowest BCUT2D eigenvalue weighted by Crippen LogP contribution is -2.31. The Labute approximate surface area is 156 Å². The number of sulfonamides is 1. The summed E-state index contributed by atoms with van der Waals surface area (Å²) in [7, 11) is -3.80. The van der Waals surface area contributed by atoms with Crippen LogP contribution in [0, 0.1) is 0 Å². The molecule has 0 aromatic heterocycles. The third-order valence-corrected chi connectivity index (χ3v) is 5.68. The van der Waals surface area contributed by atoms with Gasteiger partial charge in [-0.25, -0.2) is 13.2 Å². The van der Waals surface area contributed by atoms with E-state index in [9.17, 15) is 13.2 Å². The lowest BCUT2D eigenvalue weighted by atomic mass is 10.2. The average molecular weight is 424 g/mol. The van der Waals surface area contributed by atoms with Crippen LogP contribution in [-0.2, 0) is 14.8 Å². The first-order valence-corrected chi connectivity index (χ1v) is 9.80. The van der Waals surface area contributed by atoms with E-state index >= 15 is 0 Å². The number of esters is 1. The van der Waals surface area contributed by atoms with Gasteiger partial charge in [-0.2, -0.15) is 0 Å². The zero-order valence-corrected chi connectivity index (χ0v) is 16.1. The first-order chi connectivity index (χ1) is 11.9. The first kappa shape index (κ1) is 19.2. The van der Waals surface area contributed by atoms with E-state index in [0.29, 0.717) is 11.3 Å². The molecule has 0 bridgehead atoms. The molecule has 0 saturated carbocycles. The molecule has 0 saturated heterocycles. The number of hydrogen-bond donors (Lipinski definition) is 0. The number of nitrogens with zero attached hydrogens (tertiary/aromatic N) is 1. The van der Waals surface area contributed by atoms with Gasteiger partial charge in [0.1, 0.15) is 0 Å². The summed E-state index contributed by atoms with van der Waals surface area (Å²) in [5.74, 6) is -0.496. The lowest BCUT2D eigenvalue weighted by molar-refractivity contribution is 0.0526. The third-order valence-electron chi connectivity index (χ3n) is 3.34. The van der Waals surface area contributed by atoms with Crippen molar-refractivity contribution >= 4 is 37.6 Å². The van der Waals surface area contributed by atoms with Gasteiger partial charge < -0.3 is 4.74 Å². The molecule has 2 rings (SSSR count). The number of hydrogen-bond acceptors (Lipinski definition) is 4. The molecule has 5 nitrogen and oxygen atoms in total. The SMILES string of the molecule is C=CCN(c1cccc(C(=O)OCC)c1)S(=O)(=O)c1ccc(Br)cc1. The summed E-state index contributed by atoms with van der Waals surface area (Å²) in [6.45, 7) is 5.66. The number of carbonyl (C=O) groups is 1. The zero-order valence-electron chi connectivity index (χ0n) is 13.7. The Morgan fingerprint density at radius 1 is 1.24 bits per heavy atom. The van der Waals surface area contributed by atoms with Crippen LogP contribution in [0.15, 0.2) is 70.6 Å². The number of rotatable bonds is 7. The molecule has 0 atom stereocenters. The Morgan fingerprint density at radius 3 is 2.52 bits per heavy atom. The standard InChI is InChI=1S/C18H18BrNO4S/c1-3-12-20(25(22,23)17-10-8-15(19)9-11-17)16-7-5-6-14(13-16)18(21)24-4-2/h3,5-11,13H,1,4,12H2,2H3. The van der Waals surface area contributed by atoms with Crippen molar-refractivity contribution in [1.82, 2.24) is 0 Å². The van der Waals surface area contributed by atoms with E-state index in [0.717, 1.165) is 4.47 Å². The van der Waals surface area contributed by atoms with Crippen LogP contribution in [0.4, 0.5) is 5.69 Å². The second kappa shape index (κ2) is 8.31. The summed E-state index contributed by atoms with van der Waals surface area (Å²) < 4.78 is 32.9. The molecule has 0 fully saturated rings. The van der Waals surface area contributed by atoms with Gasteiger partial charge in [0, 0.05) is 4.47 Å². The summed E-state index contributed by atoms with van der Waals surface area (Å²) in [5.41, 5.74) is 0.660. The van der Waals surface area contributed by atoms with E-state index < -0.39 is 16.0 Å². The number of carbonyl (C=O) groups excluding carboxylic acids is 1. The van der Waals surface area contributed by atoms with Crippen LogP contribution in [0.1, 0.15) is 17.3 Å². The van der Waals surface area contributed by atoms with Crippen LogP contribution in [0.3, 0.4) is 0 Å². The van der Waals surface area contributed by atoms with E-state index in [-0.39, 0.29) is 18.0 Å². The maximum atomic E-state index is 13.0. The van der Waals surface area contributed by atoms with Crippen molar-refractivity contribution in [3.8, 4) is 0 Å². The lowest BCUT2D eigenvalue weighted by Gasteiger charge is -2.23. The minimum atomic E-state index is -3.80. The van der Waals surface area contributed by atoms with E-state index in [2.05, 4.69) is 22.5 Å². The molecule has 0 amide bonds. The van der Waals surface area contributed by atoms with Crippen molar-refractivity contribution < 1.29 is 17.9 Å². The fourth-order valence-corrected chi connectivity index (χ4v) is 3.89. The van der Waals surface area contributed by atoms with E-state index in [4.69, 9.17) is 4.74 Å². The second-order valence-corrected chi connectivity index (χ2v) is 7.83. The number of anilines is 1. The normalized spacial score (nSPS) is 11.0. The molecule has 0 aliphatic rings. The summed E-state index contributed by atoms with van der Waals surface area (Å²) in [6.07, 6.45) is 1.49. The Balaban J connectivity index is 2.47. The van der Waals surface area contributed by atoms with Crippen molar-refractivity contribution in [1.29, 1.82) is 0 Å². The summed E-state index contributed by atoms with van der Waals surface area (Å²) in [5, 5.41) is 0. The van der Waals surface area contributed by atoms with Crippen LogP contribution in [0.25, 0.3) is 0 Å². The maximum Gasteiger partial charge on any atom is 0.338 e. The van der Waals surface area contributed by atoms with Crippen LogP contribution in [0.2, 0.25) is 0 Å². The third kappa shape index (κ3) is 4.49. The Morgan fingerprint density at radius 2 is 1.92 bits per heavy atom. The molecule has 0 N–H and O–H groups in total. The molecule has 7 heteroatoms.